The fourth-order valence-electron chi connectivity index (χ4n) is 4.11. The van der Waals surface area contributed by atoms with Crippen LogP contribution in [0, 0.1) is 0 Å². The molecule has 1 saturated heterocycles. The molecule has 1 fully saturated rings. The van der Waals surface area contributed by atoms with Gasteiger partial charge >= 0.3 is 0 Å². The predicted octanol–water partition coefficient (Wildman–Crippen LogP) is 3.22. The van der Waals surface area contributed by atoms with Crippen LogP contribution in [0.4, 0.5) is 17.1 Å². The van der Waals surface area contributed by atoms with Crippen molar-refractivity contribution in [1.82, 2.24) is 9.80 Å². The molecule has 2 aromatic carbocycles. The summed E-state index contributed by atoms with van der Waals surface area (Å²) >= 11 is 0. The highest BCUT2D eigenvalue weighted by atomic mass is 16.7. The smallest absolute Gasteiger partial charge is 0.231 e. The number of hydrogen-bond donors (Lipinski definition) is 2. The monoisotopic (exact) mass is 434 g/mol. The highest BCUT2D eigenvalue weighted by molar-refractivity contribution is 5.95. The quantitative estimate of drug-likeness (QED) is 0.766. The van der Waals surface area contributed by atoms with E-state index in [9.17, 15) is 0 Å². The number of benzene rings is 2. The van der Waals surface area contributed by atoms with Crippen LogP contribution >= 0.6 is 0 Å². The molecule has 2 N–H and O–H groups in total. The molecule has 0 aliphatic carbocycles. The number of guanidine groups is 1. The molecule has 5 rings (SSSR count). The Morgan fingerprint density at radius 1 is 0.844 bits per heavy atom. The Balaban J connectivity index is 1.28. The molecular formula is C24H30N6O2. The van der Waals surface area contributed by atoms with Crippen molar-refractivity contribution in [3.05, 3.63) is 53.9 Å². The van der Waals surface area contributed by atoms with Crippen molar-refractivity contribution in [1.29, 1.82) is 0 Å². The Bertz CT molecular complexity index is 1040. The lowest BCUT2D eigenvalue weighted by Gasteiger charge is -2.34. The molecule has 0 bridgehead atoms. The van der Waals surface area contributed by atoms with Crippen LogP contribution in [0.2, 0.25) is 0 Å². The molecule has 0 amide bonds. The summed E-state index contributed by atoms with van der Waals surface area (Å²) in [5.41, 5.74) is 4.38. The van der Waals surface area contributed by atoms with E-state index in [-0.39, 0.29) is 6.79 Å². The largest absolute Gasteiger partial charge is 0.454 e. The van der Waals surface area contributed by atoms with E-state index in [1.54, 1.807) is 0 Å². The Morgan fingerprint density at radius 2 is 1.56 bits per heavy atom. The normalized spacial score (nSPS) is 18.7. The van der Waals surface area contributed by atoms with E-state index in [1.807, 2.05) is 25.2 Å². The van der Waals surface area contributed by atoms with Gasteiger partial charge in [0.2, 0.25) is 12.8 Å². The van der Waals surface area contributed by atoms with Crippen LogP contribution in [-0.2, 0) is 0 Å². The first kappa shape index (κ1) is 20.5. The third-order valence-corrected chi connectivity index (χ3v) is 6.09. The van der Waals surface area contributed by atoms with Crippen LogP contribution in [0.25, 0.3) is 0 Å². The Hall–Kier alpha value is -3.39. The second kappa shape index (κ2) is 8.63. The third-order valence-electron chi connectivity index (χ3n) is 6.09. The van der Waals surface area contributed by atoms with Crippen LogP contribution < -0.4 is 25.0 Å². The fraction of sp³-hybridized carbons (Fsp3) is 0.375. The minimum atomic E-state index is 0.269. The van der Waals surface area contributed by atoms with Crippen molar-refractivity contribution in [2.24, 2.45) is 4.99 Å². The summed E-state index contributed by atoms with van der Waals surface area (Å²) in [6, 6.07) is 14.5. The van der Waals surface area contributed by atoms with Gasteiger partial charge in [0.15, 0.2) is 11.5 Å². The summed E-state index contributed by atoms with van der Waals surface area (Å²) < 4.78 is 10.9. The van der Waals surface area contributed by atoms with Gasteiger partial charge in [-0.25, -0.2) is 0 Å². The topological polar surface area (TPSA) is 64.6 Å². The van der Waals surface area contributed by atoms with Crippen LogP contribution in [0.15, 0.2) is 58.9 Å². The van der Waals surface area contributed by atoms with E-state index in [4.69, 9.17) is 14.5 Å². The summed E-state index contributed by atoms with van der Waals surface area (Å²) in [4.78, 5) is 11.8. The minimum absolute atomic E-state index is 0.269. The van der Waals surface area contributed by atoms with Crippen molar-refractivity contribution in [2.45, 2.75) is 6.92 Å². The van der Waals surface area contributed by atoms with E-state index >= 15 is 0 Å². The second-order valence-electron chi connectivity index (χ2n) is 8.58. The lowest BCUT2D eigenvalue weighted by molar-refractivity contribution is 0.174. The molecule has 3 heterocycles. The highest BCUT2D eigenvalue weighted by Crippen LogP contribution is 2.35. The van der Waals surface area contributed by atoms with E-state index in [0.717, 1.165) is 67.4 Å². The van der Waals surface area contributed by atoms with Crippen LogP contribution in [-0.4, -0.2) is 69.4 Å². The second-order valence-corrected chi connectivity index (χ2v) is 8.58. The molecular weight excluding hydrogens is 404 g/mol. The van der Waals surface area contributed by atoms with Crippen molar-refractivity contribution in [3.63, 3.8) is 0 Å². The first-order valence-electron chi connectivity index (χ1n) is 11.0. The average molecular weight is 435 g/mol. The zero-order valence-electron chi connectivity index (χ0n) is 18.9. The molecule has 0 unspecified atom stereocenters. The van der Waals surface area contributed by atoms with Crippen LogP contribution in [0.3, 0.4) is 0 Å². The molecule has 3 aliphatic rings. The molecule has 0 atom stereocenters. The standard InChI is InChI=1S/C24H30N6O2/c1-17-15-29(3)24(27-23(17)25-19-6-9-21-22(14-19)32-16-31-21)26-18-4-7-20(8-5-18)30-12-10-28(2)11-13-30/h4-9,14,25H,10-13,15-16H2,1-3H3,(H,26,27). The van der Waals surface area contributed by atoms with E-state index in [1.165, 1.54) is 11.3 Å². The Morgan fingerprint density at radius 3 is 2.34 bits per heavy atom. The van der Waals surface area contributed by atoms with Gasteiger partial charge in [-0.1, -0.05) is 0 Å². The molecule has 0 radical (unpaired) electrons. The Kier molecular flexibility index (Phi) is 5.53. The van der Waals surface area contributed by atoms with Crippen molar-refractivity contribution >= 4 is 23.0 Å². The number of rotatable bonds is 4. The van der Waals surface area contributed by atoms with Crippen molar-refractivity contribution < 1.29 is 9.47 Å². The Labute approximate surface area is 189 Å². The van der Waals surface area contributed by atoms with Gasteiger partial charge in [-0.15, -0.1) is 0 Å². The SMILES string of the molecule is CC1=C(Nc2ccc3c(c2)OCO3)N=C(Nc2ccc(N3CCN(C)CC3)cc2)N(C)C1. The number of hydrogen-bond acceptors (Lipinski definition) is 8. The van der Waals surface area contributed by atoms with Crippen LogP contribution in [0.5, 0.6) is 11.5 Å². The summed E-state index contributed by atoms with van der Waals surface area (Å²) in [7, 11) is 4.23. The molecule has 0 aromatic heterocycles. The maximum Gasteiger partial charge on any atom is 0.231 e. The summed E-state index contributed by atoms with van der Waals surface area (Å²) in [6.07, 6.45) is 0. The van der Waals surface area contributed by atoms with Gasteiger partial charge in [-0.05, 0) is 55.9 Å². The predicted molar refractivity (Wildman–Crippen MR) is 129 cm³/mol. The molecule has 2 aromatic rings. The van der Waals surface area contributed by atoms with E-state index in [0.29, 0.717) is 0 Å². The molecule has 0 spiro atoms. The third kappa shape index (κ3) is 4.31. The molecule has 8 nitrogen and oxygen atoms in total. The first-order chi connectivity index (χ1) is 15.5. The summed E-state index contributed by atoms with van der Waals surface area (Å²) in [6.45, 7) is 7.49. The number of likely N-dealkylation sites (N-methyl/N-ethyl adjacent to an activating group) is 2. The number of nitrogens with zero attached hydrogens (tertiary/aromatic N) is 4. The number of piperazine rings is 1. The minimum Gasteiger partial charge on any atom is -0.454 e. The number of ether oxygens (including phenoxy) is 2. The maximum atomic E-state index is 5.49. The number of aliphatic imine (C=N–C) groups is 1. The first-order valence-corrected chi connectivity index (χ1v) is 11.0. The lowest BCUT2D eigenvalue weighted by atomic mass is 10.2. The van der Waals surface area contributed by atoms with Gasteiger partial charge in [0, 0.05) is 62.9 Å². The summed E-state index contributed by atoms with van der Waals surface area (Å²) in [5, 5.41) is 6.91. The van der Waals surface area contributed by atoms with Crippen LogP contribution in [0.1, 0.15) is 6.92 Å². The lowest BCUT2D eigenvalue weighted by Crippen LogP contribution is -2.44. The fourth-order valence-corrected chi connectivity index (χ4v) is 4.11. The number of nitrogens with one attached hydrogen (secondary N) is 2. The zero-order chi connectivity index (χ0) is 22.1. The molecule has 0 saturated carbocycles. The van der Waals surface area contributed by atoms with Crippen molar-refractivity contribution in [2.75, 3.05) is 69.1 Å². The van der Waals surface area contributed by atoms with Gasteiger partial charge in [0.1, 0.15) is 5.82 Å². The van der Waals surface area contributed by atoms with E-state index in [2.05, 4.69) is 63.6 Å². The number of anilines is 3. The van der Waals surface area contributed by atoms with E-state index < -0.39 is 0 Å². The summed E-state index contributed by atoms with van der Waals surface area (Å²) in [5.74, 6) is 3.18. The van der Waals surface area contributed by atoms with Gasteiger partial charge < -0.3 is 34.8 Å². The average Bonchev–Trinajstić information content (AvgIpc) is 3.26. The van der Waals surface area contributed by atoms with Gasteiger partial charge in [0.25, 0.3) is 0 Å². The maximum absolute atomic E-state index is 5.49. The van der Waals surface area contributed by atoms with Gasteiger partial charge in [-0.3, -0.25) is 0 Å². The van der Waals surface area contributed by atoms with Gasteiger partial charge in [0.05, 0.1) is 0 Å². The van der Waals surface area contributed by atoms with Gasteiger partial charge in [-0.2, -0.15) is 4.99 Å². The molecule has 32 heavy (non-hydrogen) atoms. The highest BCUT2D eigenvalue weighted by Gasteiger charge is 2.19. The molecule has 168 valence electrons. The molecule has 3 aliphatic heterocycles. The zero-order valence-corrected chi connectivity index (χ0v) is 18.9. The molecule has 8 heteroatoms. The number of fused-ring (bicyclic) bond motifs is 1. The van der Waals surface area contributed by atoms with Crippen molar-refractivity contribution in [3.8, 4) is 11.5 Å².